The minimum absolute atomic E-state index is 0.0864. The SMILES string of the molecule is COc1ccc(CCNC(=O)NC(C)c2ccccc2Br)cc1OC. The number of methoxy groups -OCH3 is 2. The van der Waals surface area contributed by atoms with E-state index in [1.165, 1.54) is 0 Å². The summed E-state index contributed by atoms with van der Waals surface area (Å²) in [5.74, 6) is 1.38. The minimum Gasteiger partial charge on any atom is -0.493 e. The molecule has 2 aromatic rings. The first-order chi connectivity index (χ1) is 12.0. The van der Waals surface area contributed by atoms with Crippen molar-refractivity contribution in [3.63, 3.8) is 0 Å². The molecule has 2 N–H and O–H groups in total. The Bertz CT molecular complexity index is 722. The van der Waals surface area contributed by atoms with Gasteiger partial charge in [-0.2, -0.15) is 0 Å². The molecule has 0 fully saturated rings. The molecule has 5 nitrogen and oxygen atoms in total. The van der Waals surface area contributed by atoms with Crippen molar-refractivity contribution in [3.8, 4) is 11.5 Å². The molecular weight excluding hydrogens is 384 g/mol. The van der Waals surface area contributed by atoms with E-state index in [1.54, 1.807) is 14.2 Å². The molecule has 2 rings (SSSR count). The van der Waals surface area contributed by atoms with E-state index < -0.39 is 0 Å². The molecule has 134 valence electrons. The zero-order valence-electron chi connectivity index (χ0n) is 14.6. The molecule has 1 unspecified atom stereocenters. The van der Waals surface area contributed by atoms with E-state index in [9.17, 15) is 4.79 Å². The molecule has 0 heterocycles. The van der Waals surface area contributed by atoms with Gasteiger partial charge in [0.1, 0.15) is 0 Å². The van der Waals surface area contributed by atoms with E-state index >= 15 is 0 Å². The van der Waals surface area contributed by atoms with Crippen LogP contribution in [-0.2, 0) is 6.42 Å². The average molecular weight is 407 g/mol. The molecular formula is C19H23BrN2O3. The smallest absolute Gasteiger partial charge is 0.315 e. The summed E-state index contributed by atoms with van der Waals surface area (Å²) in [7, 11) is 3.21. The van der Waals surface area contributed by atoms with Crippen LogP contribution < -0.4 is 20.1 Å². The predicted molar refractivity (Wildman–Crippen MR) is 102 cm³/mol. The fraction of sp³-hybridized carbons (Fsp3) is 0.316. The zero-order chi connectivity index (χ0) is 18.2. The van der Waals surface area contributed by atoms with Crippen molar-refractivity contribution in [1.82, 2.24) is 10.6 Å². The van der Waals surface area contributed by atoms with Gasteiger partial charge in [-0.1, -0.05) is 40.2 Å². The number of rotatable bonds is 7. The van der Waals surface area contributed by atoms with Gasteiger partial charge in [-0.25, -0.2) is 4.79 Å². The second kappa shape index (κ2) is 9.32. The van der Waals surface area contributed by atoms with Crippen LogP contribution in [0.3, 0.4) is 0 Å². The molecule has 0 saturated carbocycles. The molecule has 0 bridgehead atoms. The van der Waals surface area contributed by atoms with Gasteiger partial charge in [0.15, 0.2) is 11.5 Å². The van der Waals surface area contributed by atoms with E-state index in [0.29, 0.717) is 24.5 Å². The molecule has 0 aromatic heterocycles. The van der Waals surface area contributed by atoms with Gasteiger partial charge in [0.2, 0.25) is 0 Å². The lowest BCUT2D eigenvalue weighted by Crippen LogP contribution is -2.38. The molecule has 0 radical (unpaired) electrons. The van der Waals surface area contributed by atoms with Crippen molar-refractivity contribution in [2.75, 3.05) is 20.8 Å². The van der Waals surface area contributed by atoms with Crippen LogP contribution in [0.1, 0.15) is 24.1 Å². The fourth-order valence-corrected chi connectivity index (χ4v) is 3.14. The largest absolute Gasteiger partial charge is 0.493 e. The minimum atomic E-state index is -0.191. The summed E-state index contributed by atoms with van der Waals surface area (Å²) in [6.45, 7) is 2.48. The van der Waals surface area contributed by atoms with Gasteiger partial charge in [-0.15, -0.1) is 0 Å². The van der Waals surface area contributed by atoms with Gasteiger partial charge in [0, 0.05) is 11.0 Å². The average Bonchev–Trinajstić information content (AvgIpc) is 2.61. The number of urea groups is 1. The Morgan fingerprint density at radius 2 is 1.84 bits per heavy atom. The van der Waals surface area contributed by atoms with Crippen LogP contribution in [0.2, 0.25) is 0 Å². The van der Waals surface area contributed by atoms with Crippen molar-refractivity contribution in [2.45, 2.75) is 19.4 Å². The molecule has 2 aromatic carbocycles. The number of carbonyl (C=O) groups is 1. The second-order valence-electron chi connectivity index (χ2n) is 5.58. The van der Waals surface area contributed by atoms with Gasteiger partial charge in [-0.05, 0) is 42.7 Å². The Morgan fingerprint density at radius 3 is 2.52 bits per heavy atom. The van der Waals surface area contributed by atoms with Crippen LogP contribution in [0.5, 0.6) is 11.5 Å². The van der Waals surface area contributed by atoms with Crippen LogP contribution in [0.4, 0.5) is 4.79 Å². The first-order valence-electron chi connectivity index (χ1n) is 8.05. The molecule has 0 spiro atoms. The number of amides is 2. The van der Waals surface area contributed by atoms with Crippen LogP contribution in [0.15, 0.2) is 46.9 Å². The van der Waals surface area contributed by atoms with Crippen LogP contribution >= 0.6 is 15.9 Å². The van der Waals surface area contributed by atoms with Gasteiger partial charge < -0.3 is 20.1 Å². The third-order valence-corrected chi connectivity index (χ3v) is 4.59. The molecule has 0 saturated heterocycles. The van der Waals surface area contributed by atoms with Crippen LogP contribution in [0.25, 0.3) is 0 Å². The number of hydrogen-bond acceptors (Lipinski definition) is 3. The number of ether oxygens (including phenoxy) is 2. The van der Waals surface area contributed by atoms with Gasteiger partial charge >= 0.3 is 6.03 Å². The third-order valence-electron chi connectivity index (χ3n) is 3.87. The molecule has 6 heteroatoms. The maximum atomic E-state index is 12.1. The monoisotopic (exact) mass is 406 g/mol. The Labute approximate surface area is 156 Å². The van der Waals surface area contributed by atoms with E-state index in [4.69, 9.17) is 9.47 Å². The summed E-state index contributed by atoms with van der Waals surface area (Å²) in [4.78, 5) is 12.1. The number of hydrogen-bond donors (Lipinski definition) is 2. The first-order valence-corrected chi connectivity index (χ1v) is 8.84. The van der Waals surface area contributed by atoms with Crippen LogP contribution in [-0.4, -0.2) is 26.8 Å². The Hall–Kier alpha value is -2.21. The lowest BCUT2D eigenvalue weighted by Gasteiger charge is -2.16. The van der Waals surface area contributed by atoms with Gasteiger partial charge in [0.25, 0.3) is 0 Å². The Morgan fingerprint density at radius 1 is 1.12 bits per heavy atom. The van der Waals surface area contributed by atoms with E-state index in [1.807, 2.05) is 49.4 Å². The molecule has 0 aliphatic rings. The summed E-state index contributed by atoms with van der Waals surface area (Å²) in [5, 5.41) is 5.82. The molecule has 1 atom stereocenters. The van der Waals surface area contributed by atoms with E-state index in [-0.39, 0.29) is 12.1 Å². The highest BCUT2D eigenvalue weighted by atomic mass is 79.9. The Balaban J connectivity index is 1.83. The normalized spacial score (nSPS) is 11.5. The van der Waals surface area contributed by atoms with Crippen molar-refractivity contribution in [2.24, 2.45) is 0 Å². The van der Waals surface area contributed by atoms with Crippen molar-refractivity contribution in [1.29, 1.82) is 0 Å². The highest BCUT2D eigenvalue weighted by molar-refractivity contribution is 9.10. The van der Waals surface area contributed by atoms with E-state index in [0.717, 1.165) is 15.6 Å². The maximum absolute atomic E-state index is 12.1. The Kier molecular flexibility index (Phi) is 7.13. The molecule has 2 amide bonds. The van der Waals surface area contributed by atoms with Crippen molar-refractivity contribution >= 4 is 22.0 Å². The molecule has 0 aliphatic carbocycles. The highest BCUT2D eigenvalue weighted by Crippen LogP contribution is 2.27. The summed E-state index contributed by atoms with van der Waals surface area (Å²) in [6.07, 6.45) is 0.706. The first kappa shape index (κ1) is 19.1. The molecule has 0 aliphatic heterocycles. The van der Waals surface area contributed by atoms with Crippen molar-refractivity contribution in [3.05, 3.63) is 58.1 Å². The highest BCUT2D eigenvalue weighted by Gasteiger charge is 2.11. The lowest BCUT2D eigenvalue weighted by atomic mass is 10.1. The zero-order valence-corrected chi connectivity index (χ0v) is 16.2. The predicted octanol–water partition coefficient (Wildman–Crippen LogP) is 4.07. The fourth-order valence-electron chi connectivity index (χ4n) is 2.51. The summed E-state index contributed by atoms with van der Waals surface area (Å²) >= 11 is 3.50. The van der Waals surface area contributed by atoms with Crippen LogP contribution in [0, 0.1) is 0 Å². The lowest BCUT2D eigenvalue weighted by molar-refractivity contribution is 0.238. The quantitative estimate of drug-likeness (QED) is 0.728. The number of benzene rings is 2. The summed E-state index contributed by atoms with van der Waals surface area (Å²) in [6, 6.07) is 13.3. The van der Waals surface area contributed by atoms with Gasteiger partial charge in [0.05, 0.1) is 20.3 Å². The number of nitrogens with one attached hydrogen (secondary N) is 2. The summed E-state index contributed by atoms with van der Waals surface area (Å²) < 4.78 is 11.5. The second-order valence-corrected chi connectivity index (χ2v) is 6.44. The maximum Gasteiger partial charge on any atom is 0.315 e. The van der Waals surface area contributed by atoms with Gasteiger partial charge in [-0.3, -0.25) is 0 Å². The third kappa shape index (κ3) is 5.39. The van der Waals surface area contributed by atoms with Crippen molar-refractivity contribution < 1.29 is 14.3 Å². The number of carbonyl (C=O) groups excluding carboxylic acids is 1. The standard InChI is InChI=1S/C19H23BrN2O3/c1-13(15-6-4-5-7-16(15)20)22-19(23)21-11-10-14-8-9-17(24-2)18(12-14)25-3/h4-9,12-13H,10-11H2,1-3H3,(H2,21,22,23). The topological polar surface area (TPSA) is 59.6 Å². The van der Waals surface area contributed by atoms with E-state index in [2.05, 4.69) is 26.6 Å². The summed E-state index contributed by atoms with van der Waals surface area (Å²) in [5.41, 5.74) is 2.11. The number of halogens is 1. The molecule has 25 heavy (non-hydrogen) atoms.